The number of hydrogen-bond acceptors (Lipinski definition) is 5. The largest absolute Gasteiger partial charge is 0.307 e. The van der Waals surface area contributed by atoms with Gasteiger partial charge in [0.05, 0.1) is 11.7 Å². The van der Waals surface area contributed by atoms with Crippen LogP contribution in [0.1, 0.15) is 29.4 Å². The Bertz CT molecular complexity index is 981. The van der Waals surface area contributed by atoms with E-state index in [9.17, 15) is 4.79 Å². The summed E-state index contributed by atoms with van der Waals surface area (Å²) < 4.78 is 5.52. The highest BCUT2D eigenvalue weighted by Gasteiger charge is 2.31. The lowest BCUT2D eigenvalue weighted by Crippen LogP contribution is -2.45. The first kappa shape index (κ1) is 18.5. The second-order valence-corrected chi connectivity index (χ2v) is 8.43. The van der Waals surface area contributed by atoms with E-state index in [-0.39, 0.29) is 17.6 Å². The molecule has 0 bridgehead atoms. The van der Waals surface area contributed by atoms with Crippen LogP contribution in [0.3, 0.4) is 0 Å². The number of fused-ring (bicyclic) bond motifs is 1. The number of nitrogens with zero attached hydrogens (tertiary/aromatic N) is 2. The average molecular weight is 398 g/mol. The molecular weight excluding hydrogens is 374 g/mol. The van der Waals surface area contributed by atoms with E-state index in [1.807, 2.05) is 42.0 Å². The molecule has 4 rings (SSSR count). The van der Waals surface area contributed by atoms with E-state index in [0.29, 0.717) is 0 Å². The molecule has 0 fully saturated rings. The Morgan fingerprint density at radius 3 is 2.85 bits per heavy atom. The molecule has 0 saturated carbocycles. The first-order chi connectivity index (χ1) is 13.2. The van der Waals surface area contributed by atoms with Crippen LogP contribution in [-0.4, -0.2) is 21.8 Å². The van der Waals surface area contributed by atoms with Gasteiger partial charge in [0.25, 0.3) is 5.56 Å². The number of pyridine rings is 1. The fourth-order valence-electron chi connectivity index (χ4n) is 3.79. The maximum Gasteiger partial charge on any atom is 0.253 e. The summed E-state index contributed by atoms with van der Waals surface area (Å²) in [4.78, 5) is 17.8. The van der Waals surface area contributed by atoms with Crippen molar-refractivity contribution in [3.63, 3.8) is 0 Å². The Kier molecular flexibility index (Phi) is 5.48. The van der Waals surface area contributed by atoms with Crippen LogP contribution in [0.15, 0.2) is 52.6 Å². The summed E-state index contributed by atoms with van der Waals surface area (Å²) in [5, 5.41) is 3.17. The molecule has 140 valence electrons. The molecule has 2 aromatic heterocycles. The zero-order chi connectivity index (χ0) is 18.8. The summed E-state index contributed by atoms with van der Waals surface area (Å²) in [7, 11) is 0. The topological polar surface area (TPSA) is 46.9 Å². The normalized spacial score (nSPS) is 19.0. The SMILES string of the molecule is CSNC1CCc2ccc(C)c(=O)n2C1Cc1csc(-c2ccccc2)n1. The molecule has 1 aliphatic heterocycles. The second-order valence-electron chi connectivity index (χ2n) is 6.93. The van der Waals surface area contributed by atoms with E-state index < -0.39 is 0 Å². The van der Waals surface area contributed by atoms with Crippen LogP contribution < -0.4 is 10.3 Å². The third-order valence-electron chi connectivity index (χ3n) is 5.16. The van der Waals surface area contributed by atoms with Gasteiger partial charge in [-0.1, -0.05) is 48.3 Å². The van der Waals surface area contributed by atoms with E-state index in [4.69, 9.17) is 4.98 Å². The number of aryl methyl sites for hydroxylation is 2. The minimum absolute atomic E-state index is 0.0827. The molecule has 3 heterocycles. The number of benzene rings is 1. The standard InChI is InChI=1S/C21H23N3OS2/c1-14-8-9-17-10-11-18(23-26-2)19(24(17)21(14)25)12-16-13-27-20(22-16)15-6-4-3-5-7-15/h3-9,13,18-19,23H,10-12H2,1-2H3. The van der Waals surface area contributed by atoms with Gasteiger partial charge in [-0.2, -0.15) is 0 Å². The van der Waals surface area contributed by atoms with Crippen molar-refractivity contribution in [2.75, 3.05) is 6.26 Å². The molecular formula is C21H23N3OS2. The molecule has 6 heteroatoms. The maximum atomic E-state index is 12.9. The fraction of sp³-hybridized carbons (Fsp3) is 0.333. The summed E-state index contributed by atoms with van der Waals surface area (Å²) in [6.45, 7) is 1.90. The van der Waals surface area contributed by atoms with Crippen LogP contribution in [-0.2, 0) is 12.8 Å². The summed E-state index contributed by atoms with van der Waals surface area (Å²) in [6.07, 6.45) is 4.76. The third-order valence-corrected chi connectivity index (χ3v) is 6.64. The number of rotatable bonds is 5. The van der Waals surface area contributed by atoms with Crippen LogP contribution in [0.2, 0.25) is 0 Å². The van der Waals surface area contributed by atoms with Gasteiger partial charge in [-0.15, -0.1) is 11.3 Å². The van der Waals surface area contributed by atoms with Crippen molar-refractivity contribution in [3.8, 4) is 10.6 Å². The van der Waals surface area contributed by atoms with Crippen LogP contribution in [0, 0.1) is 6.92 Å². The number of thiazole rings is 1. The Hall–Kier alpha value is -1.89. The highest BCUT2D eigenvalue weighted by molar-refractivity contribution is 7.96. The van der Waals surface area contributed by atoms with Gasteiger partial charge < -0.3 is 4.57 Å². The van der Waals surface area contributed by atoms with Crippen molar-refractivity contribution in [1.82, 2.24) is 14.3 Å². The summed E-state index contributed by atoms with van der Waals surface area (Å²) >= 11 is 3.30. The van der Waals surface area contributed by atoms with E-state index in [2.05, 4.69) is 28.3 Å². The molecule has 3 aromatic rings. The Morgan fingerprint density at radius 2 is 2.07 bits per heavy atom. The monoisotopic (exact) mass is 397 g/mol. The summed E-state index contributed by atoms with van der Waals surface area (Å²) in [5.74, 6) is 0. The lowest BCUT2D eigenvalue weighted by Gasteiger charge is -2.35. The fourth-order valence-corrected chi connectivity index (χ4v) is 5.20. The number of hydrogen-bond donors (Lipinski definition) is 1. The lowest BCUT2D eigenvalue weighted by molar-refractivity contribution is 0.318. The molecule has 2 unspecified atom stereocenters. The summed E-state index contributed by atoms with van der Waals surface area (Å²) in [5.41, 5.74) is 4.26. The molecule has 0 spiro atoms. The highest BCUT2D eigenvalue weighted by atomic mass is 32.2. The average Bonchev–Trinajstić information content (AvgIpc) is 3.16. The first-order valence-corrected chi connectivity index (χ1v) is 11.3. The van der Waals surface area contributed by atoms with Crippen LogP contribution in [0.25, 0.3) is 10.6 Å². The van der Waals surface area contributed by atoms with Gasteiger partial charge in [0, 0.05) is 34.7 Å². The second kappa shape index (κ2) is 8.00. The highest BCUT2D eigenvalue weighted by Crippen LogP contribution is 2.30. The van der Waals surface area contributed by atoms with Crippen molar-refractivity contribution in [3.05, 3.63) is 75.1 Å². The maximum absolute atomic E-state index is 12.9. The molecule has 1 N–H and O–H groups in total. The minimum atomic E-state index is 0.0827. The molecule has 1 aromatic carbocycles. The predicted molar refractivity (Wildman–Crippen MR) is 114 cm³/mol. The van der Waals surface area contributed by atoms with E-state index >= 15 is 0 Å². The van der Waals surface area contributed by atoms with Gasteiger partial charge in [-0.25, -0.2) is 4.98 Å². The van der Waals surface area contributed by atoms with E-state index in [1.54, 1.807) is 23.3 Å². The zero-order valence-electron chi connectivity index (χ0n) is 15.5. The molecule has 0 amide bonds. The van der Waals surface area contributed by atoms with Crippen molar-refractivity contribution in [1.29, 1.82) is 0 Å². The molecule has 0 radical (unpaired) electrons. The third kappa shape index (κ3) is 3.74. The first-order valence-electron chi connectivity index (χ1n) is 9.16. The number of nitrogens with one attached hydrogen (secondary N) is 1. The van der Waals surface area contributed by atoms with Gasteiger partial charge in [0.2, 0.25) is 0 Å². The number of aromatic nitrogens is 2. The van der Waals surface area contributed by atoms with E-state index in [0.717, 1.165) is 46.8 Å². The van der Waals surface area contributed by atoms with Gasteiger partial charge in [-0.3, -0.25) is 9.52 Å². The van der Waals surface area contributed by atoms with Gasteiger partial charge in [-0.05, 0) is 32.1 Å². The van der Waals surface area contributed by atoms with Gasteiger partial charge in [0.15, 0.2) is 0 Å². The Labute approximate surface area is 167 Å². The molecule has 0 saturated heterocycles. The molecule has 4 nitrogen and oxygen atoms in total. The van der Waals surface area contributed by atoms with Gasteiger partial charge >= 0.3 is 0 Å². The quantitative estimate of drug-likeness (QED) is 0.654. The van der Waals surface area contributed by atoms with Crippen molar-refractivity contribution in [2.24, 2.45) is 0 Å². The predicted octanol–water partition coefficient (Wildman–Crippen LogP) is 4.25. The smallest absolute Gasteiger partial charge is 0.253 e. The van der Waals surface area contributed by atoms with Crippen LogP contribution in [0.5, 0.6) is 0 Å². The summed E-state index contributed by atoms with van der Waals surface area (Å²) in [6, 6.07) is 14.7. The Morgan fingerprint density at radius 1 is 1.26 bits per heavy atom. The van der Waals surface area contributed by atoms with Crippen molar-refractivity contribution in [2.45, 2.75) is 38.3 Å². The van der Waals surface area contributed by atoms with Gasteiger partial charge in [0.1, 0.15) is 5.01 Å². The molecule has 1 aliphatic rings. The molecule has 27 heavy (non-hydrogen) atoms. The Balaban J connectivity index is 1.68. The minimum Gasteiger partial charge on any atom is -0.307 e. The lowest BCUT2D eigenvalue weighted by atomic mass is 9.93. The van der Waals surface area contributed by atoms with E-state index in [1.165, 1.54) is 0 Å². The van der Waals surface area contributed by atoms with Crippen molar-refractivity contribution < 1.29 is 0 Å². The molecule has 0 aliphatic carbocycles. The van der Waals surface area contributed by atoms with Crippen LogP contribution in [0.4, 0.5) is 0 Å². The van der Waals surface area contributed by atoms with Crippen molar-refractivity contribution >= 4 is 23.3 Å². The van der Waals surface area contributed by atoms with Crippen LogP contribution >= 0.6 is 23.3 Å². The zero-order valence-corrected chi connectivity index (χ0v) is 17.1. The molecule has 2 atom stereocenters.